The lowest BCUT2D eigenvalue weighted by Gasteiger charge is -2.05. The molecule has 0 heterocycles. The summed E-state index contributed by atoms with van der Waals surface area (Å²) in [6, 6.07) is 0. The highest BCUT2D eigenvalue weighted by atomic mass is 14.0. The van der Waals surface area contributed by atoms with Crippen molar-refractivity contribution in [3.63, 3.8) is 0 Å². The molecule has 151 valence electrons. The van der Waals surface area contributed by atoms with Gasteiger partial charge in [-0.3, -0.25) is 0 Å². The van der Waals surface area contributed by atoms with Gasteiger partial charge in [-0.25, -0.2) is 0 Å². The predicted molar refractivity (Wildman–Crippen MR) is 117 cm³/mol. The van der Waals surface area contributed by atoms with Crippen LogP contribution in [-0.4, -0.2) is 0 Å². The molecule has 0 aliphatic carbocycles. The molecule has 0 fully saturated rings. The fourth-order valence-corrected chi connectivity index (χ4v) is 3.59. The number of hydrogen-bond donors (Lipinski definition) is 0. The van der Waals surface area contributed by atoms with Crippen LogP contribution in [0.25, 0.3) is 0 Å². The van der Waals surface area contributed by atoms with E-state index in [1.54, 1.807) is 0 Å². The van der Waals surface area contributed by atoms with Gasteiger partial charge in [-0.15, -0.1) is 0 Å². The Bertz CT molecular complexity index is 204. The van der Waals surface area contributed by atoms with Crippen molar-refractivity contribution >= 4 is 0 Å². The molecule has 0 aliphatic rings. The lowest BCUT2D eigenvalue weighted by molar-refractivity contribution is 0.505. The molecule has 0 aliphatic heterocycles. The van der Waals surface area contributed by atoms with E-state index in [4.69, 9.17) is 0 Å². The first kappa shape index (κ1) is 25.0. The van der Waals surface area contributed by atoms with Crippen LogP contribution >= 0.6 is 0 Å². The molecule has 0 saturated carbocycles. The molecule has 0 spiro atoms. The highest BCUT2D eigenvalue weighted by Gasteiger charge is 1.97. The Balaban J connectivity index is 2.98. The highest BCUT2D eigenvalue weighted by molar-refractivity contribution is 4.64. The van der Waals surface area contributed by atoms with Gasteiger partial charge < -0.3 is 0 Å². The number of hydrogen-bond acceptors (Lipinski definition) is 0. The summed E-state index contributed by atoms with van der Waals surface area (Å²) in [6.07, 6.45) is 28.5. The van der Waals surface area contributed by atoms with Crippen molar-refractivity contribution in [2.75, 3.05) is 0 Å². The van der Waals surface area contributed by atoms with Gasteiger partial charge in [0.2, 0.25) is 0 Å². The summed E-state index contributed by atoms with van der Waals surface area (Å²) in [4.78, 5) is 0. The van der Waals surface area contributed by atoms with Gasteiger partial charge in [0.25, 0.3) is 0 Å². The van der Waals surface area contributed by atoms with Crippen LogP contribution in [0, 0.1) is 18.3 Å². The molecule has 0 aromatic heterocycles. The Morgan fingerprint density at radius 1 is 0.400 bits per heavy atom. The minimum atomic E-state index is 0.893. The molecule has 25 heavy (non-hydrogen) atoms. The molecule has 0 nitrogen and oxygen atoms in total. The van der Waals surface area contributed by atoms with E-state index >= 15 is 0 Å². The molecule has 0 rings (SSSR count). The van der Waals surface area contributed by atoms with Crippen LogP contribution in [0.15, 0.2) is 0 Å². The lowest BCUT2D eigenvalue weighted by atomic mass is 10.0. The van der Waals surface area contributed by atoms with E-state index in [-0.39, 0.29) is 0 Å². The first-order valence-electron chi connectivity index (χ1n) is 11.9. The highest BCUT2D eigenvalue weighted by Crippen LogP contribution is 2.15. The van der Waals surface area contributed by atoms with E-state index in [9.17, 15) is 0 Å². The Labute approximate surface area is 161 Å². The molecule has 0 heteroatoms. The summed E-state index contributed by atoms with van der Waals surface area (Å²) in [5.74, 6) is 1.79. The van der Waals surface area contributed by atoms with Crippen LogP contribution in [0.5, 0.6) is 0 Å². The Morgan fingerprint density at radius 3 is 1.00 bits per heavy atom. The van der Waals surface area contributed by atoms with Crippen LogP contribution in [0.2, 0.25) is 0 Å². The predicted octanol–water partition coefficient (Wildman–Crippen LogP) is 9.52. The molecular weight excluding hydrogens is 300 g/mol. The zero-order valence-electron chi connectivity index (χ0n) is 18.5. The maximum atomic E-state index is 2.56. The van der Waals surface area contributed by atoms with E-state index in [0.717, 1.165) is 11.8 Å². The van der Waals surface area contributed by atoms with Crippen molar-refractivity contribution in [3.8, 4) is 0 Å². The molecule has 0 bridgehead atoms. The largest absolute Gasteiger partial charge is 0.0628 e. The molecule has 0 aromatic rings. The third kappa shape index (κ3) is 24.0. The van der Waals surface area contributed by atoms with Crippen molar-refractivity contribution < 1.29 is 0 Å². The van der Waals surface area contributed by atoms with Crippen molar-refractivity contribution in [1.82, 2.24) is 0 Å². The molecule has 0 amide bonds. The summed E-state index contributed by atoms with van der Waals surface area (Å²) in [7, 11) is 0. The van der Waals surface area contributed by atoms with Gasteiger partial charge in [0.05, 0.1) is 0 Å². The molecular formula is C25H51. The van der Waals surface area contributed by atoms with E-state index in [0.29, 0.717) is 0 Å². The number of rotatable bonds is 20. The van der Waals surface area contributed by atoms with Crippen LogP contribution < -0.4 is 0 Å². The van der Waals surface area contributed by atoms with E-state index in [1.807, 2.05) is 0 Å². The lowest BCUT2D eigenvalue weighted by Crippen LogP contribution is -1.88. The summed E-state index contributed by atoms with van der Waals surface area (Å²) in [5, 5.41) is 0. The van der Waals surface area contributed by atoms with Crippen molar-refractivity contribution in [2.45, 2.75) is 143 Å². The maximum Gasteiger partial charge on any atom is -0.0386 e. The van der Waals surface area contributed by atoms with E-state index in [1.165, 1.54) is 116 Å². The van der Waals surface area contributed by atoms with E-state index < -0.39 is 0 Å². The van der Waals surface area contributed by atoms with Crippen LogP contribution in [0.1, 0.15) is 143 Å². The van der Waals surface area contributed by atoms with Crippen molar-refractivity contribution in [2.24, 2.45) is 11.8 Å². The van der Waals surface area contributed by atoms with Gasteiger partial charge in [-0.1, -0.05) is 143 Å². The Kier molecular flexibility index (Phi) is 20.3. The Morgan fingerprint density at radius 2 is 0.680 bits per heavy atom. The minimum absolute atomic E-state index is 0.893. The van der Waals surface area contributed by atoms with Crippen LogP contribution in [0.3, 0.4) is 0 Å². The molecule has 0 saturated heterocycles. The Hall–Kier alpha value is 0. The molecule has 0 unspecified atom stereocenters. The zero-order chi connectivity index (χ0) is 18.6. The summed E-state index contributed by atoms with van der Waals surface area (Å²) >= 11 is 0. The topological polar surface area (TPSA) is 0 Å². The number of unbranched alkanes of at least 4 members (excludes halogenated alkanes) is 16. The second kappa shape index (κ2) is 20.3. The average Bonchev–Trinajstić information content (AvgIpc) is 2.56. The quantitative estimate of drug-likeness (QED) is 0.191. The van der Waals surface area contributed by atoms with Gasteiger partial charge in [0, 0.05) is 0 Å². The zero-order valence-corrected chi connectivity index (χ0v) is 18.5. The van der Waals surface area contributed by atoms with Gasteiger partial charge in [-0.2, -0.15) is 0 Å². The van der Waals surface area contributed by atoms with Crippen molar-refractivity contribution in [3.05, 3.63) is 6.42 Å². The summed E-state index contributed by atoms with van der Waals surface area (Å²) in [5.41, 5.74) is 0. The SMILES string of the molecule is CC(C)CCCCCCCC[CH]CCCCCCCCCCC(C)C. The maximum absolute atomic E-state index is 2.56. The first-order valence-corrected chi connectivity index (χ1v) is 11.9. The normalized spacial score (nSPS) is 11.8. The van der Waals surface area contributed by atoms with Crippen LogP contribution in [0.4, 0.5) is 0 Å². The summed E-state index contributed by atoms with van der Waals surface area (Å²) in [6.45, 7) is 9.35. The van der Waals surface area contributed by atoms with Gasteiger partial charge >= 0.3 is 0 Å². The third-order valence-electron chi connectivity index (χ3n) is 5.38. The minimum Gasteiger partial charge on any atom is -0.0628 e. The standard InChI is InChI=1S/C25H51/c1-24(2)22-20-18-16-14-12-10-8-6-5-7-9-11-13-15-17-19-21-23-25(3)4/h6,24-25H,5,7-23H2,1-4H3. The summed E-state index contributed by atoms with van der Waals surface area (Å²) < 4.78 is 0. The fourth-order valence-electron chi connectivity index (χ4n) is 3.59. The average molecular weight is 352 g/mol. The van der Waals surface area contributed by atoms with Gasteiger partial charge in [0.15, 0.2) is 0 Å². The fraction of sp³-hybridized carbons (Fsp3) is 0.960. The molecule has 1 radical (unpaired) electrons. The smallest absolute Gasteiger partial charge is 0.0386 e. The van der Waals surface area contributed by atoms with Crippen LogP contribution in [-0.2, 0) is 0 Å². The first-order chi connectivity index (χ1) is 12.1. The van der Waals surface area contributed by atoms with Gasteiger partial charge in [0.1, 0.15) is 0 Å². The molecule has 0 N–H and O–H groups in total. The molecule has 0 aromatic carbocycles. The molecule has 0 atom stereocenters. The second-order valence-electron chi connectivity index (χ2n) is 9.18. The van der Waals surface area contributed by atoms with Crippen molar-refractivity contribution in [1.29, 1.82) is 0 Å². The second-order valence-corrected chi connectivity index (χ2v) is 9.18. The third-order valence-corrected chi connectivity index (χ3v) is 5.38. The monoisotopic (exact) mass is 351 g/mol. The van der Waals surface area contributed by atoms with E-state index in [2.05, 4.69) is 34.1 Å². The van der Waals surface area contributed by atoms with Gasteiger partial charge in [-0.05, 0) is 18.3 Å².